The predicted octanol–water partition coefficient (Wildman–Crippen LogP) is 2.80. The average molecular weight is 430 g/mol. The lowest BCUT2D eigenvalue weighted by molar-refractivity contribution is -0.142. The predicted molar refractivity (Wildman–Crippen MR) is 104 cm³/mol. The lowest BCUT2D eigenvalue weighted by Gasteiger charge is -2.30. The Labute approximate surface area is 168 Å². The second-order valence-electron chi connectivity index (χ2n) is 8.37. The quantitative estimate of drug-likeness (QED) is 0.428. The van der Waals surface area contributed by atoms with Crippen molar-refractivity contribution in [3.63, 3.8) is 0 Å². The summed E-state index contributed by atoms with van der Waals surface area (Å²) in [5, 5.41) is 5.15. The van der Waals surface area contributed by atoms with Crippen molar-refractivity contribution in [2.45, 2.75) is 45.0 Å². The van der Waals surface area contributed by atoms with E-state index in [2.05, 4.69) is 24.7 Å². The SMILES string of the molecule is C[Si](C)(C)CCOCn1nc(C(F)(F)F)c2c1C(=O)N(C1=CCN(N)C=C1)CC2. The minimum atomic E-state index is -4.62. The number of rotatable bonds is 6. The first kappa shape index (κ1) is 21.6. The lowest BCUT2D eigenvalue weighted by Crippen LogP contribution is -2.40. The molecule has 0 bridgehead atoms. The first-order valence-corrected chi connectivity index (χ1v) is 13.1. The normalized spacial score (nSPS) is 17.6. The van der Waals surface area contributed by atoms with Gasteiger partial charge in [0.15, 0.2) is 5.69 Å². The van der Waals surface area contributed by atoms with Crippen molar-refractivity contribution in [2.75, 3.05) is 19.7 Å². The number of allylic oxidation sites excluding steroid dienone is 1. The molecule has 3 heterocycles. The van der Waals surface area contributed by atoms with Gasteiger partial charge in [-0.05, 0) is 24.6 Å². The number of aromatic nitrogens is 2. The highest BCUT2D eigenvalue weighted by Gasteiger charge is 2.43. The van der Waals surface area contributed by atoms with Crippen molar-refractivity contribution in [3.05, 3.63) is 41.0 Å². The molecule has 0 unspecified atom stereocenters. The van der Waals surface area contributed by atoms with Gasteiger partial charge in [-0.3, -0.25) is 4.79 Å². The minimum absolute atomic E-state index is 0.0546. The first-order chi connectivity index (χ1) is 13.5. The van der Waals surface area contributed by atoms with E-state index in [1.165, 1.54) is 9.91 Å². The summed E-state index contributed by atoms with van der Waals surface area (Å²) in [5.41, 5.74) is -0.506. The number of nitrogens with zero attached hydrogens (tertiary/aromatic N) is 4. The van der Waals surface area contributed by atoms with Crippen molar-refractivity contribution >= 4 is 14.0 Å². The Hall–Kier alpha value is -2.11. The van der Waals surface area contributed by atoms with Crippen LogP contribution in [0.5, 0.6) is 0 Å². The maximum Gasteiger partial charge on any atom is 0.435 e. The molecule has 1 amide bonds. The molecule has 0 fully saturated rings. The average Bonchev–Trinajstić information content (AvgIpc) is 2.99. The van der Waals surface area contributed by atoms with Crippen LogP contribution in [0.2, 0.25) is 25.7 Å². The zero-order chi connectivity index (χ0) is 21.4. The number of hydrogen-bond acceptors (Lipinski definition) is 5. The van der Waals surface area contributed by atoms with Gasteiger partial charge in [0.25, 0.3) is 5.91 Å². The van der Waals surface area contributed by atoms with E-state index in [1.54, 1.807) is 18.4 Å². The second-order valence-corrected chi connectivity index (χ2v) is 14.0. The Balaban J connectivity index is 1.86. The monoisotopic (exact) mass is 429 g/mol. The zero-order valence-electron chi connectivity index (χ0n) is 16.8. The molecule has 0 aromatic carbocycles. The van der Waals surface area contributed by atoms with Gasteiger partial charge in [-0.1, -0.05) is 19.6 Å². The van der Waals surface area contributed by atoms with Crippen LogP contribution >= 0.6 is 0 Å². The molecule has 2 aliphatic heterocycles. The Bertz CT molecular complexity index is 842. The highest BCUT2D eigenvalue weighted by Crippen LogP contribution is 2.36. The van der Waals surface area contributed by atoms with Gasteiger partial charge in [0.2, 0.25) is 0 Å². The van der Waals surface area contributed by atoms with Crippen LogP contribution in [-0.2, 0) is 24.1 Å². The van der Waals surface area contributed by atoms with Gasteiger partial charge < -0.3 is 14.6 Å². The molecule has 2 N–H and O–H groups in total. The standard InChI is InChI=1S/C18H26F3N5O2Si/c1-29(2,3)11-10-28-12-26-15-14(16(23-26)18(19,20)21)6-9-25(17(15)27)13-4-7-24(22)8-5-13/h4-5,7H,6,8-12,22H2,1-3H3. The van der Waals surface area contributed by atoms with Crippen molar-refractivity contribution in [3.8, 4) is 0 Å². The van der Waals surface area contributed by atoms with Gasteiger partial charge >= 0.3 is 6.18 Å². The number of hydrazine groups is 1. The number of amides is 1. The number of fused-ring (bicyclic) bond motifs is 1. The fraction of sp³-hybridized carbons (Fsp3) is 0.556. The first-order valence-electron chi connectivity index (χ1n) is 9.43. The third-order valence-electron chi connectivity index (χ3n) is 4.82. The summed E-state index contributed by atoms with van der Waals surface area (Å²) < 4.78 is 47.1. The van der Waals surface area contributed by atoms with Crippen LogP contribution in [0.4, 0.5) is 13.2 Å². The van der Waals surface area contributed by atoms with Crippen molar-refractivity contribution in [2.24, 2.45) is 5.84 Å². The second kappa shape index (κ2) is 7.96. The van der Waals surface area contributed by atoms with Crippen LogP contribution in [0.15, 0.2) is 24.0 Å². The topological polar surface area (TPSA) is 76.6 Å². The molecule has 0 saturated carbocycles. The van der Waals surface area contributed by atoms with Gasteiger partial charge in [-0.2, -0.15) is 18.3 Å². The Morgan fingerprint density at radius 1 is 1.31 bits per heavy atom. The van der Waals surface area contributed by atoms with Gasteiger partial charge in [0.05, 0.1) is 6.54 Å². The molecule has 2 aliphatic rings. The third-order valence-corrected chi connectivity index (χ3v) is 6.53. The largest absolute Gasteiger partial charge is 0.435 e. The summed E-state index contributed by atoms with van der Waals surface area (Å²) in [6.07, 6.45) is 0.500. The molecule has 11 heteroatoms. The highest BCUT2D eigenvalue weighted by molar-refractivity contribution is 6.76. The highest BCUT2D eigenvalue weighted by atomic mass is 28.3. The van der Waals surface area contributed by atoms with E-state index in [0.29, 0.717) is 18.8 Å². The third kappa shape index (κ3) is 4.90. The van der Waals surface area contributed by atoms with E-state index < -0.39 is 25.9 Å². The van der Waals surface area contributed by atoms with Crippen LogP contribution in [0.3, 0.4) is 0 Å². The summed E-state index contributed by atoms with van der Waals surface area (Å²) in [6, 6.07) is 0.871. The summed E-state index contributed by atoms with van der Waals surface area (Å²) in [7, 11) is -1.34. The fourth-order valence-electron chi connectivity index (χ4n) is 3.23. The van der Waals surface area contributed by atoms with Crippen molar-refractivity contribution < 1.29 is 22.7 Å². The van der Waals surface area contributed by atoms with Crippen LogP contribution in [0.25, 0.3) is 0 Å². The molecule has 0 atom stereocenters. The molecule has 0 saturated heterocycles. The Morgan fingerprint density at radius 2 is 2.03 bits per heavy atom. The lowest BCUT2D eigenvalue weighted by atomic mass is 10.0. The maximum atomic E-state index is 13.5. The summed E-state index contributed by atoms with van der Waals surface area (Å²) in [6.45, 7) is 7.35. The van der Waals surface area contributed by atoms with Crippen LogP contribution < -0.4 is 5.84 Å². The molecule has 1 aromatic heterocycles. The van der Waals surface area contributed by atoms with E-state index in [1.807, 2.05) is 0 Å². The minimum Gasteiger partial charge on any atom is -0.360 e. The molecule has 0 aliphatic carbocycles. The van der Waals surface area contributed by atoms with Crippen LogP contribution in [0.1, 0.15) is 21.7 Å². The number of ether oxygens (including phenoxy) is 1. The van der Waals surface area contributed by atoms with E-state index in [4.69, 9.17) is 10.6 Å². The van der Waals surface area contributed by atoms with Gasteiger partial charge in [-0.25, -0.2) is 10.5 Å². The Morgan fingerprint density at radius 3 is 2.62 bits per heavy atom. The molecule has 7 nitrogen and oxygen atoms in total. The number of nitrogens with two attached hydrogens (primary N) is 1. The Kier molecular flexibility index (Phi) is 5.92. The van der Waals surface area contributed by atoms with E-state index in [9.17, 15) is 18.0 Å². The maximum absolute atomic E-state index is 13.5. The fourth-order valence-corrected chi connectivity index (χ4v) is 3.98. The zero-order valence-corrected chi connectivity index (χ0v) is 17.8. The molecule has 0 radical (unpaired) electrons. The van der Waals surface area contributed by atoms with Crippen LogP contribution in [0, 0.1) is 0 Å². The van der Waals surface area contributed by atoms with Gasteiger partial charge in [0, 0.05) is 38.7 Å². The smallest absolute Gasteiger partial charge is 0.360 e. The number of carbonyl (C=O) groups is 1. The van der Waals surface area contributed by atoms with E-state index in [0.717, 1.165) is 10.7 Å². The molecule has 160 valence electrons. The number of carbonyl (C=O) groups excluding carboxylic acids is 1. The van der Waals surface area contributed by atoms with Gasteiger partial charge in [-0.15, -0.1) is 0 Å². The molecule has 0 spiro atoms. The van der Waals surface area contributed by atoms with E-state index in [-0.39, 0.29) is 31.0 Å². The van der Waals surface area contributed by atoms with Crippen molar-refractivity contribution in [1.82, 2.24) is 19.7 Å². The molecule has 29 heavy (non-hydrogen) atoms. The summed E-state index contributed by atoms with van der Waals surface area (Å²) >= 11 is 0. The van der Waals surface area contributed by atoms with Crippen molar-refractivity contribution in [1.29, 1.82) is 0 Å². The number of hydrogen-bond donors (Lipinski definition) is 1. The molecule has 3 rings (SSSR count). The summed E-state index contributed by atoms with van der Waals surface area (Å²) in [4.78, 5) is 14.5. The molecule has 1 aromatic rings. The van der Waals surface area contributed by atoms with E-state index >= 15 is 0 Å². The molecular weight excluding hydrogens is 403 g/mol. The number of halogens is 3. The molecular formula is C18H26F3N5O2Si. The van der Waals surface area contributed by atoms with Gasteiger partial charge in [0.1, 0.15) is 12.4 Å². The van der Waals surface area contributed by atoms with Crippen LogP contribution in [-0.4, -0.2) is 53.4 Å². The summed E-state index contributed by atoms with van der Waals surface area (Å²) in [5.74, 6) is 5.15. The number of alkyl halides is 3.